The lowest BCUT2D eigenvalue weighted by molar-refractivity contribution is -0.263. The van der Waals surface area contributed by atoms with Gasteiger partial charge in [-0.15, -0.1) is 0 Å². The van der Waals surface area contributed by atoms with Gasteiger partial charge in [-0.1, -0.05) is 30.8 Å². The molecule has 0 unspecified atom stereocenters. The van der Waals surface area contributed by atoms with Crippen LogP contribution in [0.15, 0.2) is 60.9 Å². The number of carbonyl (C=O) groups excluding carboxylic acids is 3. The van der Waals surface area contributed by atoms with Crippen LogP contribution in [0.1, 0.15) is 44.2 Å². The minimum Gasteiger partial charge on any atom is -0.466 e. The van der Waals surface area contributed by atoms with E-state index in [1.54, 1.807) is 0 Å². The number of ether oxygens (including phenoxy) is 1. The first-order chi connectivity index (χ1) is 16.3. The van der Waals surface area contributed by atoms with Crippen LogP contribution >= 0.6 is 0 Å². The molecule has 0 atom stereocenters. The van der Waals surface area contributed by atoms with Crippen molar-refractivity contribution < 1.29 is 28.9 Å². The molecule has 0 aliphatic carbocycles. The fourth-order valence-electron chi connectivity index (χ4n) is 3.02. The fourth-order valence-corrected chi connectivity index (χ4v) is 3.02. The minimum atomic E-state index is -0.249. The van der Waals surface area contributed by atoms with Gasteiger partial charge in [-0.3, -0.25) is 14.4 Å². The highest BCUT2D eigenvalue weighted by atomic mass is 17.2. The molecular weight excluding hydrogens is 436 g/mol. The van der Waals surface area contributed by atoms with Gasteiger partial charge in [0.25, 0.3) is 0 Å². The van der Waals surface area contributed by atoms with Crippen LogP contribution in [0.5, 0.6) is 0 Å². The van der Waals surface area contributed by atoms with Gasteiger partial charge in [-0.2, -0.15) is 4.89 Å². The zero-order valence-corrected chi connectivity index (χ0v) is 19.7. The van der Waals surface area contributed by atoms with Crippen molar-refractivity contribution in [3.05, 3.63) is 72.0 Å². The number of allylic oxidation sites excluding steroid dienone is 1. The number of unbranched alkanes of at least 4 members (excludes halogenated alkanes) is 1. The number of aryl methyl sites for hydroxylation is 1. The zero-order valence-electron chi connectivity index (χ0n) is 19.7. The molecule has 34 heavy (non-hydrogen) atoms. The Labute approximate surface area is 200 Å². The van der Waals surface area contributed by atoms with E-state index in [4.69, 9.17) is 14.5 Å². The van der Waals surface area contributed by atoms with Crippen molar-refractivity contribution in [1.29, 1.82) is 0 Å². The molecular formula is C26H32N2O6. The number of amides is 2. The summed E-state index contributed by atoms with van der Waals surface area (Å²) in [5.41, 5.74) is 3.45. The lowest BCUT2D eigenvalue weighted by Crippen LogP contribution is -2.08. The van der Waals surface area contributed by atoms with E-state index in [-0.39, 0.29) is 17.8 Å². The van der Waals surface area contributed by atoms with Gasteiger partial charge in [0, 0.05) is 38.1 Å². The summed E-state index contributed by atoms with van der Waals surface area (Å²) in [6.07, 6.45) is 2.71. The average molecular weight is 469 g/mol. The first-order valence-corrected chi connectivity index (χ1v) is 11.2. The quantitative estimate of drug-likeness (QED) is 0.138. The molecule has 0 bridgehead atoms. The SMILES string of the molecule is C=C(Cc1ccc(NC(C)=O)cc1)OOCCCCOC(=O)CCc1ccc(NC(C)=O)cc1. The molecule has 0 aromatic heterocycles. The Morgan fingerprint density at radius 3 is 1.88 bits per heavy atom. The largest absolute Gasteiger partial charge is 0.466 e. The molecule has 0 fully saturated rings. The third-order valence-corrected chi connectivity index (χ3v) is 4.63. The summed E-state index contributed by atoms with van der Waals surface area (Å²) in [5.74, 6) is -0.00966. The lowest BCUT2D eigenvalue weighted by atomic mass is 10.1. The minimum absolute atomic E-state index is 0.116. The van der Waals surface area contributed by atoms with Crippen LogP contribution in [0, 0.1) is 0 Å². The topological polar surface area (TPSA) is 103 Å². The maximum Gasteiger partial charge on any atom is 0.306 e. The monoisotopic (exact) mass is 468 g/mol. The molecule has 182 valence electrons. The number of benzene rings is 2. The van der Waals surface area contributed by atoms with E-state index in [1.807, 2.05) is 48.5 Å². The van der Waals surface area contributed by atoms with Crippen LogP contribution < -0.4 is 10.6 Å². The van der Waals surface area contributed by atoms with E-state index < -0.39 is 0 Å². The van der Waals surface area contributed by atoms with Gasteiger partial charge in [0.15, 0.2) is 0 Å². The highest BCUT2D eigenvalue weighted by Gasteiger charge is 2.05. The Morgan fingerprint density at radius 1 is 0.794 bits per heavy atom. The number of hydrogen-bond donors (Lipinski definition) is 2. The fraction of sp³-hybridized carbons (Fsp3) is 0.346. The molecule has 0 aliphatic heterocycles. The van der Waals surface area contributed by atoms with Crippen LogP contribution in [0.4, 0.5) is 11.4 Å². The second-order valence-corrected chi connectivity index (χ2v) is 7.80. The predicted octanol–water partition coefficient (Wildman–Crippen LogP) is 4.56. The Kier molecular flexibility index (Phi) is 11.3. The van der Waals surface area contributed by atoms with Gasteiger partial charge < -0.3 is 20.3 Å². The lowest BCUT2D eigenvalue weighted by Gasteiger charge is -2.09. The zero-order chi connectivity index (χ0) is 24.8. The standard InChI is InChI=1S/C26H32N2O6/c1-19(18-23-8-13-25(14-9-23)28-21(3)30)34-33-17-5-4-16-32-26(31)15-10-22-6-11-24(12-7-22)27-20(2)29/h6-9,11-14H,1,4-5,10,15-18H2,2-3H3,(H,27,29)(H,28,30). The molecule has 2 aromatic carbocycles. The third-order valence-electron chi connectivity index (χ3n) is 4.63. The van der Waals surface area contributed by atoms with E-state index in [9.17, 15) is 14.4 Å². The summed E-state index contributed by atoms with van der Waals surface area (Å²) in [7, 11) is 0. The average Bonchev–Trinajstić information content (AvgIpc) is 2.78. The van der Waals surface area contributed by atoms with E-state index >= 15 is 0 Å². The molecule has 0 aliphatic rings. The highest BCUT2D eigenvalue weighted by molar-refractivity contribution is 5.89. The van der Waals surface area contributed by atoms with Crippen LogP contribution in [0.2, 0.25) is 0 Å². The van der Waals surface area contributed by atoms with E-state index in [2.05, 4.69) is 17.2 Å². The number of anilines is 2. The van der Waals surface area contributed by atoms with Gasteiger partial charge in [0.05, 0.1) is 13.2 Å². The first-order valence-electron chi connectivity index (χ1n) is 11.2. The molecule has 2 N–H and O–H groups in total. The number of hydrogen-bond acceptors (Lipinski definition) is 6. The molecule has 2 aromatic rings. The number of carbonyl (C=O) groups is 3. The summed E-state index contributed by atoms with van der Waals surface area (Å²) >= 11 is 0. The molecule has 8 heteroatoms. The summed E-state index contributed by atoms with van der Waals surface area (Å²) in [6, 6.07) is 14.8. The van der Waals surface area contributed by atoms with Crippen LogP contribution in [-0.4, -0.2) is 31.0 Å². The Hall–Kier alpha value is -3.65. The van der Waals surface area contributed by atoms with Crippen LogP contribution in [-0.2, 0) is 41.7 Å². The van der Waals surface area contributed by atoms with E-state index in [0.717, 1.165) is 22.5 Å². The van der Waals surface area contributed by atoms with Gasteiger partial charge in [0.1, 0.15) is 5.76 Å². The molecule has 0 saturated carbocycles. The molecule has 0 saturated heterocycles. The number of esters is 1. The summed E-state index contributed by atoms with van der Waals surface area (Å²) in [4.78, 5) is 44.3. The van der Waals surface area contributed by atoms with Crippen molar-refractivity contribution in [2.75, 3.05) is 23.8 Å². The first kappa shape index (κ1) is 26.6. The van der Waals surface area contributed by atoms with Crippen molar-refractivity contribution in [3.8, 4) is 0 Å². The van der Waals surface area contributed by atoms with Gasteiger partial charge in [-0.05, 0) is 54.7 Å². The Bertz CT molecular complexity index is 954. The summed E-state index contributed by atoms with van der Waals surface area (Å²) < 4.78 is 5.24. The summed E-state index contributed by atoms with van der Waals surface area (Å²) in [5, 5.41) is 5.42. The normalized spacial score (nSPS) is 10.3. The van der Waals surface area contributed by atoms with Crippen molar-refractivity contribution in [3.63, 3.8) is 0 Å². The van der Waals surface area contributed by atoms with Crippen molar-refractivity contribution in [2.24, 2.45) is 0 Å². The number of rotatable bonds is 14. The molecule has 0 spiro atoms. The second kappa shape index (κ2) is 14.5. The maximum absolute atomic E-state index is 11.9. The summed E-state index contributed by atoms with van der Waals surface area (Å²) in [6.45, 7) is 7.44. The molecule has 2 rings (SSSR count). The Morgan fingerprint density at radius 2 is 1.32 bits per heavy atom. The van der Waals surface area contributed by atoms with Gasteiger partial charge in [-0.25, -0.2) is 0 Å². The van der Waals surface area contributed by atoms with Crippen molar-refractivity contribution in [2.45, 2.75) is 46.0 Å². The van der Waals surface area contributed by atoms with Crippen LogP contribution in [0.3, 0.4) is 0 Å². The Balaban J connectivity index is 1.50. The van der Waals surface area contributed by atoms with Crippen molar-refractivity contribution >= 4 is 29.2 Å². The molecule has 2 amide bonds. The molecule has 0 radical (unpaired) electrons. The molecule has 8 nitrogen and oxygen atoms in total. The highest BCUT2D eigenvalue weighted by Crippen LogP contribution is 2.14. The van der Waals surface area contributed by atoms with E-state index in [1.165, 1.54) is 13.8 Å². The number of nitrogens with one attached hydrogen (secondary N) is 2. The van der Waals surface area contributed by atoms with Gasteiger partial charge in [0.2, 0.25) is 11.8 Å². The van der Waals surface area contributed by atoms with Crippen LogP contribution in [0.25, 0.3) is 0 Å². The smallest absolute Gasteiger partial charge is 0.306 e. The van der Waals surface area contributed by atoms with Gasteiger partial charge >= 0.3 is 5.97 Å². The maximum atomic E-state index is 11.9. The second-order valence-electron chi connectivity index (χ2n) is 7.80. The molecule has 0 heterocycles. The predicted molar refractivity (Wildman–Crippen MR) is 130 cm³/mol. The third kappa shape index (κ3) is 11.3. The van der Waals surface area contributed by atoms with E-state index in [0.29, 0.717) is 51.1 Å². The van der Waals surface area contributed by atoms with Crippen molar-refractivity contribution in [1.82, 2.24) is 0 Å².